The van der Waals surface area contributed by atoms with E-state index in [4.69, 9.17) is 0 Å². The summed E-state index contributed by atoms with van der Waals surface area (Å²) in [5.74, 6) is 0.949. The van der Waals surface area contributed by atoms with Gasteiger partial charge in [0, 0.05) is 33.7 Å². The third-order valence-electron chi connectivity index (χ3n) is 3.58. The maximum absolute atomic E-state index is 12.1. The van der Waals surface area contributed by atoms with Crippen molar-refractivity contribution >= 4 is 35.8 Å². The lowest BCUT2D eigenvalue weighted by molar-refractivity contribution is -0.130. The van der Waals surface area contributed by atoms with Crippen LogP contribution in [0, 0.1) is 0 Å². The van der Waals surface area contributed by atoms with Crippen molar-refractivity contribution in [3.05, 3.63) is 12.7 Å². The minimum Gasteiger partial charge on any atom is -0.347 e. The van der Waals surface area contributed by atoms with Gasteiger partial charge in [-0.05, 0) is 32.1 Å². The fourth-order valence-corrected chi connectivity index (χ4v) is 2.37. The molecule has 122 valence electrons. The molecule has 5 nitrogen and oxygen atoms in total. The quantitative estimate of drug-likeness (QED) is 0.241. The molecule has 1 N–H and O–H groups in total. The second-order valence-corrected chi connectivity index (χ2v) is 5.19. The van der Waals surface area contributed by atoms with Crippen LogP contribution in [0.5, 0.6) is 0 Å². The Labute approximate surface area is 145 Å². The number of allylic oxidation sites excluding steroid dienone is 1. The predicted molar refractivity (Wildman–Crippen MR) is 99.3 cm³/mol. The van der Waals surface area contributed by atoms with Crippen LogP contribution in [-0.4, -0.2) is 61.9 Å². The molecule has 0 aromatic heterocycles. The van der Waals surface area contributed by atoms with Gasteiger partial charge in [-0.2, -0.15) is 0 Å². The molecule has 0 bridgehead atoms. The van der Waals surface area contributed by atoms with E-state index in [0.29, 0.717) is 6.54 Å². The normalized spacial score (nSPS) is 15.1. The lowest BCUT2D eigenvalue weighted by Crippen LogP contribution is -2.46. The summed E-state index contributed by atoms with van der Waals surface area (Å²) < 4.78 is 0. The summed E-state index contributed by atoms with van der Waals surface area (Å²) in [7, 11) is 3.74. The topological polar surface area (TPSA) is 47.9 Å². The first kappa shape index (κ1) is 20.2. The van der Waals surface area contributed by atoms with Gasteiger partial charge in [0.1, 0.15) is 0 Å². The smallest absolute Gasteiger partial charge is 0.241 e. The number of nitrogens with one attached hydrogen (secondary N) is 1. The summed E-state index contributed by atoms with van der Waals surface area (Å²) in [4.78, 5) is 20.3. The minimum absolute atomic E-state index is 0. The second kappa shape index (κ2) is 11.8. The average Bonchev–Trinajstić information content (AvgIpc) is 2.49. The number of hydrogen-bond donors (Lipinski definition) is 1. The molecule has 1 saturated heterocycles. The van der Waals surface area contributed by atoms with Gasteiger partial charge in [0.25, 0.3) is 0 Å². The summed E-state index contributed by atoms with van der Waals surface area (Å²) in [6.45, 7) is 6.75. The zero-order valence-electron chi connectivity index (χ0n) is 13.3. The fourth-order valence-electron chi connectivity index (χ4n) is 2.37. The third-order valence-corrected chi connectivity index (χ3v) is 3.58. The van der Waals surface area contributed by atoms with Crippen LogP contribution in [0.4, 0.5) is 0 Å². The first-order valence-corrected chi connectivity index (χ1v) is 7.49. The Morgan fingerprint density at radius 3 is 2.62 bits per heavy atom. The number of rotatable bonds is 6. The molecule has 1 aliphatic rings. The van der Waals surface area contributed by atoms with Crippen molar-refractivity contribution in [1.29, 1.82) is 0 Å². The van der Waals surface area contributed by atoms with Crippen LogP contribution in [0.2, 0.25) is 0 Å². The number of halogens is 1. The molecule has 0 unspecified atom stereocenters. The van der Waals surface area contributed by atoms with Crippen LogP contribution < -0.4 is 5.32 Å². The second-order valence-electron chi connectivity index (χ2n) is 5.19. The molecule has 0 radical (unpaired) electrons. The van der Waals surface area contributed by atoms with E-state index in [1.807, 2.05) is 22.9 Å². The molecule has 0 aliphatic carbocycles. The van der Waals surface area contributed by atoms with Crippen molar-refractivity contribution < 1.29 is 4.79 Å². The standard InChI is InChI=1S/C15H28N4O.HI/c1-4-5-7-10-18(3)15(16-2)17-13-14(20)19-11-8-6-9-12-19;/h4H,1,5-13H2,2-3H3,(H,16,17);1H. The molecule has 1 amide bonds. The summed E-state index contributed by atoms with van der Waals surface area (Å²) >= 11 is 0. The Morgan fingerprint density at radius 1 is 1.38 bits per heavy atom. The Kier molecular flexibility index (Phi) is 11.4. The summed E-state index contributed by atoms with van der Waals surface area (Å²) in [5, 5.41) is 3.15. The number of unbranched alkanes of at least 4 members (excludes halogenated alkanes) is 1. The number of guanidine groups is 1. The number of piperidine rings is 1. The van der Waals surface area contributed by atoms with Crippen LogP contribution in [0.3, 0.4) is 0 Å². The molecule has 21 heavy (non-hydrogen) atoms. The highest BCUT2D eigenvalue weighted by atomic mass is 127. The van der Waals surface area contributed by atoms with Gasteiger partial charge in [0.05, 0.1) is 6.54 Å². The van der Waals surface area contributed by atoms with E-state index in [-0.39, 0.29) is 29.9 Å². The molecule has 0 atom stereocenters. The van der Waals surface area contributed by atoms with Gasteiger partial charge in [-0.15, -0.1) is 30.6 Å². The molecular weight excluding hydrogens is 379 g/mol. The monoisotopic (exact) mass is 408 g/mol. The van der Waals surface area contributed by atoms with Crippen LogP contribution in [0.15, 0.2) is 17.6 Å². The van der Waals surface area contributed by atoms with Crippen molar-refractivity contribution in [1.82, 2.24) is 15.1 Å². The zero-order valence-corrected chi connectivity index (χ0v) is 15.6. The average molecular weight is 408 g/mol. The van der Waals surface area contributed by atoms with Crippen molar-refractivity contribution in [2.75, 3.05) is 40.3 Å². The van der Waals surface area contributed by atoms with Crippen LogP contribution in [-0.2, 0) is 4.79 Å². The first-order valence-electron chi connectivity index (χ1n) is 7.49. The van der Waals surface area contributed by atoms with Gasteiger partial charge in [-0.25, -0.2) is 0 Å². The predicted octanol–water partition coefficient (Wildman–Crippen LogP) is 2.09. The van der Waals surface area contributed by atoms with Gasteiger partial charge < -0.3 is 15.1 Å². The fraction of sp³-hybridized carbons (Fsp3) is 0.733. The molecule has 1 fully saturated rings. The van der Waals surface area contributed by atoms with Gasteiger partial charge in [0.15, 0.2) is 5.96 Å². The minimum atomic E-state index is 0. The third kappa shape index (κ3) is 7.68. The lowest BCUT2D eigenvalue weighted by atomic mass is 10.1. The lowest BCUT2D eigenvalue weighted by Gasteiger charge is -2.28. The van der Waals surface area contributed by atoms with E-state index in [9.17, 15) is 4.79 Å². The van der Waals surface area contributed by atoms with E-state index in [2.05, 4.69) is 16.9 Å². The number of likely N-dealkylation sites (tertiary alicyclic amines) is 1. The highest BCUT2D eigenvalue weighted by molar-refractivity contribution is 14.0. The van der Waals surface area contributed by atoms with Crippen LogP contribution in [0.1, 0.15) is 32.1 Å². The highest BCUT2D eigenvalue weighted by Gasteiger charge is 2.16. The van der Waals surface area contributed by atoms with Gasteiger partial charge in [-0.1, -0.05) is 6.08 Å². The molecule has 1 heterocycles. The summed E-state index contributed by atoms with van der Waals surface area (Å²) in [6, 6.07) is 0. The summed E-state index contributed by atoms with van der Waals surface area (Å²) in [5.41, 5.74) is 0. The Bertz CT molecular complexity index is 341. The molecule has 1 rings (SSSR count). The number of aliphatic imine (C=N–C) groups is 1. The van der Waals surface area contributed by atoms with E-state index in [1.54, 1.807) is 7.05 Å². The van der Waals surface area contributed by atoms with Crippen molar-refractivity contribution in [3.63, 3.8) is 0 Å². The molecule has 0 aromatic carbocycles. The van der Waals surface area contributed by atoms with Gasteiger partial charge in [-0.3, -0.25) is 9.79 Å². The molecule has 0 spiro atoms. The van der Waals surface area contributed by atoms with Crippen molar-refractivity contribution in [3.8, 4) is 0 Å². The Balaban J connectivity index is 0.00000400. The molecule has 6 heteroatoms. The SMILES string of the molecule is C=CCCCN(C)C(=NC)NCC(=O)N1CCCCC1.I. The number of carbonyl (C=O) groups excluding carboxylic acids is 1. The van der Waals surface area contributed by atoms with E-state index >= 15 is 0 Å². The first-order chi connectivity index (χ1) is 9.69. The Hall–Kier alpha value is -0.790. The van der Waals surface area contributed by atoms with Crippen LogP contribution >= 0.6 is 24.0 Å². The molecular formula is C15H29IN4O. The molecule has 0 saturated carbocycles. The van der Waals surface area contributed by atoms with E-state index in [0.717, 1.165) is 51.3 Å². The largest absolute Gasteiger partial charge is 0.347 e. The number of hydrogen-bond acceptors (Lipinski definition) is 2. The van der Waals surface area contributed by atoms with Gasteiger partial charge in [0.2, 0.25) is 5.91 Å². The maximum Gasteiger partial charge on any atom is 0.241 e. The summed E-state index contributed by atoms with van der Waals surface area (Å²) in [6.07, 6.45) is 7.45. The zero-order chi connectivity index (χ0) is 14.8. The van der Waals surface area contributed by atoms with Crippen molar-refractivity contribution in [2.45, 2.75) is 32.1 Å². The van der Waals surface area contributed by atoms with Crippen LogP contribution in [0.25, 0.3) is 0 Å². The molecule has 1 aliphatic heterocycles. The maximum atomic E-state index is 12.1. The Morgan fingerprint density at radius 2 is 2.05 bits per heavy atom. The number of amides is 1. The molecule has 0 aromatic rings. The van der Waals surface area contributed by atoms with Gasteiger partial charge >= 0.3 is 0 Å². The number of carbonyl (C=O) groups is 1. The van der Waals surface area contributed by atoms with E-state index < -0.39 is 0 Å². The number of nitrogens with zero attached hydrogens (tertiary/aromatic N) is 3. The van der Waals surface area contributed by atoms with E-state index in [1.165, 1.54) is 6.42 Å². The highest BCUT2D eigenvalue weighted by Crippen LogP contribution is 2.08. The van der Waals surface area contributed by atoms with Crippen molar-refractivity contribution in [2.24, 2.45) is 4.99 Å².